The van der Waals surface area contributed by atoms with Gasteiger partial charge < -0.3 is 10.3 Å². The normalized spacial score (nSPS) is 16.5. The summed E-state index contributed by atoms with van der Waals surface area (Å²) in [6, 6.07) is 0. The molecule has 0 radical (unpaired) electrons. The van der Waals surface area contributed by atoms with Crippen molar-refractivity contribution in [2.24, 2.45) is 10.1 Å². The van der Waals surface area contributed by atoms with Crippen molar-refractivity contribution in [2.45, 2.75) is 12.6 Å². The van der Waals surface area contributed by atoms with Crippen LogP contribution in [0.3, 0.4) is 0 Å². The average molecular weight is 361 g/mol. The Bertz CT molecular complexity index is 952. The van der Waals surface area contributed by atoms with Gasteiger partial charge in [0, 0.05) is 41.7 Å². The lowest BCUT2D eigenvalue weighted by Crippen LogP contribution is -2.21. The third-order valence-electron chi connectivity index (χ3n) is 3.93. The third-order valence-corrected chi connectivity index (χ3v) is 3.93. The van der Waals surface area contributed by atoms with Gasteiger partial charge in [0.2, 0.25) is 5.95 Å². The van der Waals surface area contributed by atoms with Gasteiger partial charge in [-0.15, -0.1) is 0 Å². The molecule has 0 unspecified atom stereocenters. The Kier molecular flexibility index (Phi) is 3.94. The number of nitrogens with zero attached hydrogens (tertiary/aromatic N) is 5. The molecule has 7 nitrogen and oxygen atoms in total. The summed E-state index contributed by atoms with van der Waals surface area (Å²) in [7, 11) is 0. The molecular formula is C16H14F3N7. The number of hydrogen-bond donors (Lipinski definition) is 2. The maximum Gasteiger partial charge on any atom is 0.390 e. The molecule has 4 heterocycles. The number of anilines is 1. The molecule has 0 aliphatic carbocycles. The van der Waals surface area contributed by atoms with E-state index in [2.05, 4.69) is 30.4 Å². The number of alkyl halides is 3. The van der Waals surface area contributed by atoms with Gasteiger partial charge in [0.15, 0.2) is 0 Å². The monoisotopic (exact) mass is 361 g/mol. The van der Waals surface area contributed by atoms with Crippen molar-refractivity contribution >= 4 is 34.6 Å². The van der Waals surface area contributed by atoms with E-state index >= 15 is 0 Å². The van der Waals surface area contributed by atoms with Crippen LogP contribution in [-0.4, -0.2) is 51.3 Å². The first-order valence-electron chi connectivity index (χ1n) is 7.89. The number of nitrogens with one attached hydrogen (secondary N) is 2. The number of hydrazone groups is 1. The van der Waals surface area contributed by atoms with Crippen molar-refractivity contribution in [3.63, 3.8) is 0 Å². The van der Waals surface area contributed by atoms with Gasteiger partial charge in [0.1, 0.15) is 12.0 Å². The minimum absolute atomic E-state index is 0.152. The summed E-state index contributed by atoms with van der Waals surface area (Å²) in [5.41, 5.74) is 3.23. The maximum absolute atomic E-state index is 12.2. The minimum atomic E-state index is -4.21. The van der Waals surface area contributed by atoms with Crippen LogP contribution in [-0.2, 0) is 0 Å². The predicted octanol–water partition coefficient (Wildman–Crippen LogP) is 2.93. The lowest BCUT2D eigenvalue weighted by atomic mass is 10.1. The van der Waals surface area contributed by atoms with E-state index in [1.54, 1.807) is 17.4 Å². The van der Waals surface area contributed by atoms with E-state index in [-0.39, 0.29) is 12.5 Å². The first-order valence-corrected chi connectivity index (χ1v) is 7.89. The molecule has 0 amide bonds. The van der Waals surface area contributed by atoms with Crippen LogP contribution >= 0.6 is 0 Å². The Morgan fingerprint density at radius 1 is 1.27 bits per heavy atom. The number of H-pyrrole nitrogens is 1. The topological polar surface area (TPSA) is 81.6 Å². The summed E-state index contributed by atoms with van der Waals surface area (Å²) >= 11 is 0. The second-order valence-corrected chi connectivity index (χ2v) is 5.82. The molecule has 134 valence electrons. The van der Waals surface area contributed by atoms with Crippen LogP contribution in [0, 0.1) is 0 Å². The Morgan fingerprint density at radius 3 is 3.00 bits per heavy atom. The fourth-order valence-electron chi connectivity index (χ4n) is 2.68. The Balaban J connectivity index is 1.58. The summed E-state index contributed by atoms with van der Waals surface area (Å²) in [5.74, 6) is 0.152. The van der Waals surface area contributed by atoms with Gasteiger partial charge in [0.25, 0.3) is 0 Å². The second-order valence-electron chi connectivity index (χ2n) is 5.82. The smallest absolute Gasteiger partial charge is 0.354 e. The van der Waals surface area contributed by atoms with Gasteiger partial charge in [-0.3, -0.25) is 5.01 Å². The standard InChI is InChI=1S/C16H14F3N7/c17-16(18,19)3-4-20-15-22-6-13-12(5-21-14(13)25-15)10-1-2-11-8-26(7-10)24-9-23-11/h1-2,5-7,9H,3-4,8H2,(H2,20,21,22,25). The summed E-state index contributed by atoms with van der Waals surface area (Å²) < 4.78 is 36.7. The molecule has 0 spiro atoms. The molecule has 0 aromatic carbocycles. The molecule has 0 fully saturated rings. The fraction of sp³-hybridized carbons (Fsp3) is 0.250. The second kappa shape index (κ2) is 6.28. The molecule has 0 saturated heterocycles. The summed E-state index contributed by atoms with van der Waals surface area (Å²) in [4.78, 5) is 15.6. The van der Waals surface area contributed by atoms with Gasteiger partial charge in [-0.05, 0) is 6.08 Å². The third kappa shape index (κ3) is 3.44. The highest BCUT2D eigenvalue weighted by molar-refractivity contribution is 6.05. The molecule has 2 aromatic heterocycles. The molecule has 10 heteroatoms. The van der Waals surface area contributed by atoms with E-state index < -0.39 is 12.6 Å². The van der Waals surface area contributed by atoms with Crippen LogP contribution in [0.15, 0.2) is 40.8 Å². The number of fused-ring (bicyclic) bond motifs is 3. The van der Waals surface area contributed by atoms with Crippen molar-refractivity contribution in [2.75, 3.05) is 18.4 Å². The van der Waals surface area contributed by atoms with Crippen LogP contribution in [0.2, 0.25) is 0 Å². The van der Waals surface area contributed by atoms with Gasteiger partial charge in [0.05, 0.1) is 18.7 Å². The van der Waals surface area contributed by atoms with Crippen LogP contribution in [0.1, 0.15) is 12.0 Å². The quantitative estimate of drug-likeness (QED) is 0.877. The average Bonchev–Trinajstić information content (AvgIpc) is 2.94. The van der Waals surface area contributed by atoms with Crippen molar-refractivity contribution in [1.29, 1.82) is 0 Å². The number of aromatic nitrogens is 3. The predicted molar refractivity (Wildman–Crippen MR) is 92.8 cm³/mol. The van der Waals surface area contributed by atoms with Crippen molar-refractivity contribution in [3.8, 4) is 0 Å². The molecule has 2 aliphatic rings. The highest BCUT2D eigenvalue weighted by Crippen LogP contribution is 2.27. The van der Waals surface area contributed by atoms with Gasteiger partial charge in [-0.2, -0.15) is 23.3 Å². The molecule has 2 N–H and O–H groups in total. The number of allylic oxidation sites excluding steroid dienone is 2. The van der Waals surface area contributed by atoms with Crippen LogP contribution in [0.25, 0.3) is 16.6 Å². The van der Waals surface area contributed by atoms with Gasteiger partial charge in [-0.25, -0.2) is 9.98 Å². The van der Waals surface area contributed by atoms with E-state index in [1.165, 1.54) is 6.34 Å². The Morgan fingerprint density at radius 2 is 2.15 bits per heavy atom. The van der Waals surface area contributed by atoms with Gasteiger partial charge >= 0.3 is 6.18 Å². The number of hydrogen-bond acceptors (Lipinski definition) is 6. The highest BCUT2D eigenvalue weighted by atomic mass is 19.4. The van der Waals surface area contributed by atoms with Gasteiger partial charge in [-0.1, -0.05) is 6.08 Å². The zero-order valence-electron chi connectivity index (χ0n) is 13.5. The molecule has 26 heavy (non-hydrogen) atoms. The lowest BCUT2D eigenvalue weighted by Gasteiger charge is -2.15. The maximum atomic E-state index is 12.2. The van der Waals surface area contributed by atoms with E-state index in [0.717, 1.165) is 22.2 Å². The molecular weight excluding hydrogens is 347 g/mol. The molecule has 2 bridgehead atoms. The molecule has 0 atom stereocenters. The van der Waals surface area contributed by atoms with E-state index in [4.69, 9.17) is 0 Å². The SMILES string of the molecule is FC(F)(F)CCNc1ncc2c(C3=CN4CC(=NC=N4)C=C3)c[nH]c2n1. The van der Waals surface area contributed by atoms with Crippen LogP contribution in [0.4, 0.5) is 19.1 Å². The van der Waals surface area contributed by atoms with E-state index in [0.29, 0.717) is 12.2 Å². The highest BCUT2D eigenvalue weighted by Gasteiger charge is 2.26. The number of aromatic amines is 1. The number of rotatable bonds is 4. The number of aliphatic imine (C=N–C) groups is 1. The van der Waals surface area contributed by atoms with Crippen molar-refractivity contribution < 1.29 is 13.2 Å². The van der Waals surface area contributed by atoms with Crippen molar-refractivity contribution in [3.05, 3.63) is 36.3 Å². The molecule has 0 saturated carbocycles. The molecule has 2 aliphatic heterocycles. The molecule has 4 rings (SSSR count). The lowest BCUT2D eigenvalue weighted by molar-refractivity contribution is -0.131. The summed E-state index contributed by atoms with van der Waals surface area (Å²) in [6.45, 7) is 0.328. The zero-order chi connectivity index (χ0) is 18.1. The van der Waals surface area contributed by atoms with Crippen LogP contribution < -0.4 is 5.32 Å². The van der Waals surface area contributed by atoms with Crippen LogP contribution in [0.5, 0.6) is 0 Å². The molecule has 2 aromatic rings. The fourth-order valence-corrected chi connectivity index (χ4v) is 2.68. The summed E-state index contributed by atoms with van der Waals surface area (Å²) in [5, 5.41) is 9.32. The first kappa shape index (κ1) is 16.3. The van der Waals surface area contributed by atoms with Crippen molar-refractivity contribution in [1.82, 2.24) is 20.0 Å². The minimum Gasteiger partial charge on any atom is -0.354 e. The number of halogens is 3. The first-order chi connectivity index (χ1) is 12.5. The van der Waals surface area contributed by atoms with E-state index in [9.17, 15) is 13.2 Å². The summed E-state index contributed by atoms with van der Waals surface area (Å²) in [6.07, 6.45) is 5.47. The largest absolute Gasteiger partial charge is 0.390 e. The zero-order valence-corrected chi connectivity index (χ0v) is 13.5. The Labute approximate surface area is 146 Å². The Hall–Kier alpha value is -3.17. The van der Waals surface area contributed by atoms with E-state index in [1.807, 2.05) is 18.4 Å².